The van der Waals surface area contributed by atoms with Crippen LogP contribution in [0.15, 0.2) is 24.3 Å². The van der Waals surface area contributed by atoms with Crippen LogP contribution in [0, 0.1) is 11.3 Å². The number of benzene rings is 1. The molecule has 0 saturated heterocycles. The first kappa shape index (κ1) is 12.8. The van der Waals surface area contributed by atoms with Crippen molar-refractivity contribution in [3.63, 3.8) is 0 Å². The lowest BCUT2D eigenvalue weighted by atomic mass is 10.1. The van der Waals surface area contributed by atoms with E-state index in [-0.39, 0.29) is 0 Å². The smallest absolute Gasteiger partial charge is 0.186 e. The highest BCUT2D eigenvalue weighted by Crippen LogP contribution is 2.24. The molecule has 0 saturated carbocycles. The van der Waals surface area contributed by atoms with Gasteiger partial charge in [0, 0.05) is 0 Å². The van der Waals surface area contributed by atoms with E-state index >= 15 is 0 Å². The minimum atomic E-state index is -1.71. The van der Waals surface area contributed by atoms with E-state index in [2.05, 4.69) is 25.7 Å². The third-order valence-corrected chi connectivity index (χ3v) is 2.93. The van der Waals surface area contributed by atoms with Crippen LogP contribution in [0.4, 0.5) is 0 Å². The van der Waals surface area contributed by atoms with E-state index in [9.17, 15) is 0 Å². The zero-order valence-corrected chi connectivity index (χ0v) is 11.2. The minimum Gasteiger partial charge on any atom is -0.497 e. The van der Waals surface area contributed by atoms with Gasteiger partial charge in [-0.05, 0) is 37.3 Å². The summed E-state index contributed by atoms with van der Waals surface area (Å²) in [6.45, 7) is 6.20. The molecular formula is C12H17NO2Si. The molecule has 0 fully saturated rings. The Bertz CT molecular complexity index is 393. The Morgan fingerprint density at radius 1 is 1.31 bits per heavy atom. The van der Waals surface area contributed by atoms with Crippen LogP contribution in [0.25, 0.3) is 0 Å². The van der Waals surface area contributed by atoms with Crippen LogP contribution in [-0.2, 0) is 4.43 Å². The third kappa shape index (κ3) is 3.68. The summed E-state index contributed by atoms with van der Waals surface area (Å²) < 4.78 is 10.9. The lowest BCUT2D eigenvalue weighted by Gasteiger charge is -2.22. The normalized spacial score (nSPS) is 12.9. The van der Waals surface area contributed by atoms with Gasteiger partial charge < -0.3 is 9.16 Å². The van der Waals surface area contributed by atoms with Crippen LogP contribution in [-0.4, -0.2) is 15.4 Å². The van der Waals surface area contributed by atoms with E-state index < -0.39 is 14.4 Å². The van der Waals surface area contributed by atoms with Gasteiger partial charge in [0.2, 0.25) is 0 Å². The van der Waals surface area contributed by atoms with E-state index in [1.54, 1.807) is 7.11 Å². The first-order valence-corrected chi connectivity index (χ1v) is 8.58. The molecule has 0 aliphatic carbocycles. The molecule has 0 spiro atoms. The Morgan fingerprint density at radius 2 is 2.00 bits per heavy atom. The predicted octanol–water partition coefficient (Wildman–Crippen LogP) is 3.11. The molecule has 0 aliphatic rings. The van der Waals surface area contributed by atoms with Crippen molar-refractivity contribution in [2.24, 2.45) is 0 Å². The molecule has 0 radical (unpaired) electrons. The van der Waals surface area contributed by atoms with Crippen LogP contribution < -0.4 is 4.74 Å². The average molecular weight is 235 g/mol. The fourth-order valence-electron chi connectivity index (χ4n) is 1.33. The molecule has 3 nitrogen and oxygen atoms in total. The van der Waals surface area contributed by atoms with Crippen molar-refractivity contribution >= 4 is 8.32 Å². The molecule has 1 rings (SSSR count). The highest BCUT2D eigenvalue weighted by atomic mass is 28.4. The Labute approximate surface area is 97.7 Å². The SMILES string of the molecule is COc1cccc(C(C#N)O[Si](C)(C)C)c1. The van der Waals surface area contributed by atoms with E-state index in [0.29, 0.717) is 0 Å². The van der Waals surface area contributed by atoms with E-state index in [4.69, 9.17) is 14.4 Å². The molecule has 0 aromatic heterocycles. The van der Waals surface area contributed by atoms with Crippen LogP contribution in [0.2, 0.25) is 19.6 Å². The average Bonchev–Trinajstić information content (AvgIpc) is 2.25. The molecule has 0 heterocycles. The third-order valence-electron chi connectivity index (χ3n) is 1.99. The highest BCUT2D eigenvalue weighted by molar-refractivity contribution is 6.69. The van der Waals surface area contributed by atoms with Crippen molar-refractivity contribution in [1.29, 1.82) is 5.26 Å². The second kappa shape index (κ2) is 5.15. The van der Waals surface area contributed by atoms with Gasteiger partial charge in [-0.3, -0.25) is 0 Å². The van der Waals surface area contributed by atoms with Crippen LogP contribution >= 0.6 is 0 Å². The maximum atomic E-state index is 9.11. The van der Waals surface area contributed by atoms with Crippen molar-refractivity contribution in [3.05, 3.63) is 29.8 Å². The second-order valence-corrected chi connectivity index (χ2v) is 8.98. The molecule has 0 amide bonds. The lowest BCUT2D eigenvalue weighted by molar-refractivity contribution is 0.254. The standard InChI is InChI=1S/C12H17NO2Si/c1-14-11-7-5-6-10(8-11)12(9-13)15-16(2,3)4/h5-8,12H,1-4H3. The summed E-state index contributed by atoms with van der Waals surface area (Å²) in [6.07, 6.45) is -0.498. The topological polar surface area (TPSA) is 42.2 Å². The van der Waals surface area contributed by atoms with Crippen molar-refractivity contribution in [3.8, 4) is 11.8 Å². The maximum absolute atomic E-state index is 9.11. The molecule has 0 N–H and O–H groups in total. The monoisotopic (exact) mass is 235 g/mol. The molecule has 1 aromatic rings. The number of nitrogens with zero attached hydrogens (tertiary/aromatic N) is 1. The van der Waals surface area contributed by atoms with E-state index in [0.717, 1.165) is 11.3 Å². The number of ether oxygens (including phenoxy) is 1. The molecule has 1 unspecified atom stereocenters. The van der Waals surface area contributed by atoms with Crippen molar-refractivity contribution in [2.45, 2.75) is 25.7 Å². The van der Waals surface area contributed by atoms with Gasteiger partial charge in [-0.25, -0.2) is 0 Å². The van der Waals surface area contributed by atoms with Gasteiger partial charge in [0.25, 0.3) is 0 Å². The molecule has 0 aliphatic heterocycles. The zero-order chi connectivity index (χ0) is 12.2. The quantitative estimate of drug-likeness (QED) is 0.753. The summed E-state index contributed by atoms with van der Waals surface area (Å²) in [5.74, 6) is 0.747. The van der Waals surface area contributed by atoms with Gasteiger partial charge >= 0.3 is 0 Å². The fraction of sp³-hybridized carbons (Fsp3) is 0.417. The second-order valence-electron chi connectivity index (χ2n) is 4.52. The summed E-state index contributed by atoms with van der Waals surface area (Å²) >= 11 is 0. The molecular weight excluding hydrogens is 218 g/mol. The Balaban J connectivity index is 2.92. The summed E-state index contributed by atoms with van der Waals surface area (Å²) in [5.41, 5.74) is 0.851. The number of hydrogen-bond donors (Lipinski definition) is 0. The summed E-state index contributed by atoms with van der Waals surface area (Å²) in [4.78, 5) is 0. The Morgan fingerprint density at radius 3 is 2.50 bits per heavy atom. The first-order valence-electron chi connectivity index (χ1n) is 5.17. The summed E-state index contributed by atoms with van der Waals surface area (Å²) in [6, 6.07) is 9.63. The molecule has 86 valence electrons. The molecule has 16 heavy (non-hydrogen) atoms. The van der Waals surface area contributed by atoms with Crippen molar-refractivity contribution in [2.75, 3.05) is 7.11 Å². The molecule has 1 aromatic carbocycles. The maximum Gasteiger partial charge on any atom is 0.186 e. The molecule has 1 atom stereocenters. The Hall–Kier alpha value is -1.31. The highest BCUT2D eigenvalue weighted by Gasteiger charge is 2.22. The largest absolute Gasteiger partial charge is 0.497 e. The summed E-state index contributed by atoms with van der Waals surface area (Å²) in [7, 11) is -0.104. The molecule has 0 bridgehead atoms. The van der Waals surface area contributed by atoms with Crippen LogP contribution in [0.3, 0.4) is 0 Å². The predicted molar refractivity (Wildman–Crippen MR) is 65.8 cm³/mol. The fourth-order valence-corrected chi connectivity index (χ4v) is 2.22. The van der Waals surface area contributed by atoms with Gasteiger partial charge in [0.05, 0.1) is 13.2 Å². The molecule has 4 heteroatoms. The van der Waals surface area contributed by atoms with Crippen LogP contribution in [0.1, 0.15) is 11.7 Å². The number of nitriles is 1. The van der Waals surface area contributed by atoms with Crippen molar-refractivity contribution < 1.29 is 9.16 Å². The van der Waals surface area contributed by atoms with Gasteiger partial charge in [-0.1, -0.05) is 12.1 Å². The Kier molecular flexibility index (Phi) is 4.10. The van der Waals surface area contributed by atoms with Gasteiger partial charge in [0.1, 0.15) is 5.75 Å². The number of methoxy groups -OCH3 is 1. The lowest BCUT2D eigenvalue weighted by Crippen LogP contribution is -2.27. The van der Waals surface area contributed by atoms with E-state index in [1.165, 1.54) is 0 Å². The van der Waals surface area contributed by atoms with Crippen molar-refractivity contribution in [1.82, 2.24) is 0 Å². The zero-order valence-electron chi connectivity index (χ0n) is 10.2. The first-order chi connectivity index (χ1) is 7.46. The van der Waals surface area contributed by atoms with Crippen LogP contribution in [0.5, 0.6) is 5.75 Å². The van der Waals surface area contributed by atoms with Gasteiger partial charge in [-0.2, -0.15) is 5.26 Å². The van der Waals surface area contributed by atoms with E-state index in [1.807, 2.05) is 24.3 Å². The summed E-state index contributed by atoms with van der Waals surface area (Å²) in [5, 5.41) is 9.11. The minimum absolute atomic E-state index is 0.498. The van der Waals surface area contributed by atoms with Gasteiger partial charge in [0.15, 0.2) is 14.4 Å². The van der Waals surface area contributed by atoms with Gasteiger partial charge in [-0.15, -0.1) is 0 Å². The number of rotatable bonds is 4. The number of hydrogen-bond acceptors (Lipinski definition) is 3.